The Morgan fingerprint density at radius 3 is 2.56 bits per heavy atom. The van der Waals surface area contributed by atoms with Crippen LogP contribution < -0.4 is 4.74 Å². The predicted molar refractivity (Wildman–Crippen MR) is 76.9 cm³/mol. The number of hydrogen-bond donors (Lipinski definition) is 0. The van der Waals surface area contributed by atoms with Gasteiger partial charge in [-0.3, -0.25) is 0 Å². The second kappa shape index (κ2) is 5.15. The van der Waals surface area contributed by atoms with E-state index in [2.05, 4.69) is 46.3 Å². The van der Waals surface area contributed by atoms with Gasteiger partial charge < -0.3 is 4.74 Å². The van der Waals surface area contributed by atoms with Crippen molar-refractivity contribution in [3.8, 4) is 5.75 Å². The lowest BCUT2D eigenvalue weighted by molar-refractivity contribution is 0.306. The minimum absolute atomic E-state index is 0.631. The van der Waals surface area contributed by atoms with Gasteiger partial charge in [0.25, 0.3) is 0 Å². The molecule has 0 aliphatic heterocycles. The van der Waals surface area contributed by atoms with Crippen LogP contribution in [0, 0.1) is 0 Å². The molecular formula is C16H15BrO. The second-order valence-corrected chi connectivity index (χ2v) is 5.61. The van der Waals surface area contributed by atoms with Crippen molar-refractivity contribution in [3.05, 3.63) is 63.6 Å². The summed E-state index contributed by atoms with van der Waals surface area (Å²) in [5, 5.41) is 0. The highest BCUT2D eigenvalue weighted by atomic mass is 79.9. The van der Waals surface area contributed by atoms with Crippen LogP contribution in [0.3, 0.4) is 0 Å². The molecular weight excluding hydrogens is 288 g/mol. The van der Waals surface area contributed by atoms with E-state index >= 15 is 0 Å². The van der Waals surface area contributed by atoms with Crippen LogP contribution >= 0.6 is 15.9 Å². The van der Waals surface area contributed by atoms with Crippen LogP contribution in [0.15, 0.2) is 46.9 Å². The molecule has 1 nitrogen and oxygen atoms in total. The summed E-state index contributed by atoms with van der Waals surface area (Å²) >= 11 is 3.43. The molecule has 0 spiro atoms. The van der Waals surface area contributed by atoms with Crippen molar-refractivity contribution >= 4 is 15.9 Å². The number of hydrogen-bond acceptors (Lipinski definition) is 1. The van der Waals surface area contributed by atoms with E-state index in [1.54, 1.807) is 0 Å². The lowest BCUT2D eigenvalue weighted by Gasteiger charge is -2.08. The van der Waals surface area contributed by atoms with Crippen molar-refractivity contribution in [2.24, 2.45) is 0 Å². The minimum atomic E-state index is 0.631. The highest BCUT2D eigenvalue weighted by Gasteiger charge is 2.11. The highest BCUT2D eigenvalue weighted by Crippen LogP contribution is 2.26. The van der Waals surface area contributed by atoms with Crippen LogP contribution in [0.25, 0.3) is 0 Å². The van der Waals surface area contributed by atoms with Gasteiger partial charge in [-0.05, 0) is 60.2 Å². The van der Waals surface area contributed by atoms with Gasteiger partial charge in [-0.25, -0.2) is 0 Å². The summed E-state index contributed by atoms with van der Waals surface area (Å²) in [6, 6.07) is 14.7. The molecule has 0 N–H and O–H groups in total. The number of ether oxygens (including phenoxy) is 1. The third kappa shape index (κ3) is 2.59. The Morgan fingerprint density at radius 1 is 0.944 bits per heavy atom. The van der Waals surface area contributed by atoms with E-state index in [-0.39, 0.29) is 0 Å². The van der Waals surface area contributed by atoms with Gasteiger partial charge in [0, 0.05) is 4.47 Å². The minimum Gasteiger partial charge on any atom is -0.489 e. The molecule has 0 radical (unpaired) electrons. The zero-order valence-corrected chi connectivity index (χ0v) is 11.7. The maximum absolute atomic E-state index is 5.84. The van der Waals surface area contributed by atoms with E-state index in [9.17, 15) is 0 Å². The van der Waals surface area contributed by atoms with E-state index in [1.807, 2.05) is 12.1 Å². The molecule has 0 amide bonds. The van der Waals surface area contributed by atoms with Gasteiger partial charge in [-0.15, -0.1) is 0 Å². The number of fused-ring (bicyclic) bond motifs is 1. The maximum atomic E-state index is 5.84. The molecule has 0 unspecified atom stereocenters. The first-order valence-electron chi connectivity index (χ1n) is 6.30. The number of halogens is 1. The summed E-state index contributed by atoms with van der Waals surface area (Å²) < 4.78 is 6.94. The molecule has 0 saturated carbocycles. The average Bonchev–Trinajstić information content (AvgIpc) is 2.85. The molecule has 2 aromatic rings. The number of aryl methyl sites for hydroxylation is 2. The Morgan fingerprint density at radius 2 is 1.72 bits per heavy atom. The van der Waals surface area contributed by atoms with Gasteiger partial charge in [-0.2, -0.15) is 0 Å². The van der Waals surface area contributed by atoms with E-state index < -0.39 is 0 Å². The van der Waals surface area contributed by atoms with Crippen molar-refractivity contribution in [1.29, 1.82) is 0 Å². The van der Waals surface area contributed by atoms with Crippen LogP contribution in [0.2, 0.25) is 0 Å². The van der Waals surface area contributed by atoms with Crippen LogP contribution in [0.1, 0.15) is 23.1 Å². The zero-order valence-electron chi connectivity index (χ0n) is 10.2. The van der Waals surface area contributed by atoms with Crippen molar-refractivity contribution in [2.75, 3.05) is 0 Å². The Bertz CT molecular complexity index is 546. The molecule has 0 aromatic heterocycles. The van der Waals surface area contributed by atoms with Gasteiger partial charge >= 0.3 is 0 Å². The van der Waals surface area contributed by atoms with Gasteiger partial charge in [-0.1, -0.05) is 34.1 Å². The summed E-state index contributed by atoms with van der Waals surface area (Å²) in [6.07, 6.45) is 3.71. The Balaban J connectivity index is 1.68. The van der Waals surface area contributed by atoms with Crippen molar-refractivity contribution in [3.63, 3.8) is 0 Å². The summed E-state index contributed by atoms with van der Waals surface area (Å²) in [4.78, 5) is 0. The maximum Gasteiger partial charge on any atom is 0.120 e. The summed E-state index contributed by atoms with van der Waals surface area (Å²) in [7, 11) is 0. The molecule has 3 rings (SSSR count). The molecule has 0 heterocycles. The molecule has 18 heavy (non-hydrogen) atoms. The van der Waals surface area contributed by atoms with E-state index in [1.165, 1.54) is 36.0 Å². The topological polar surface area (TPSA) is 9.23 Å². The van der Waals surface area contributed by atoms with E-state index in [4.69, 9.17) is 4.74 Å². The van der Waals surface area contributed by atoms with Gasteiger partial charge in [0.15, 0.2) is 0 Å². The fraction of sp³-hybridized carbons (Fsp3) is 0.250. The van der Waals surface area contributed by atoms with Crippen LogP contribution in [-0.4, -0.2) is 0 Å². The average molecular weight is 303 g/mol. The molecule has 92 valence electrons. The molecule has 0 saturated heterocycles. The molecule has 0 fully saturated rings. The normalized spacial score (nSPS) is 13.4. The first kappa shape index (κ1) is 11.8. The summed E-state index contributed by atoms with van der Waals surface area (Å²) in [5.41, 5.74) is 4.15. The van der Waals surface area contributed by atoms with Crippen LogP contribution in [0.4, 0.5) is 0 Å². The van der Waals surface area contributed by atoms with E-state index in [0.717, 1.165) is 10.2 Å². The quantitative estimate of drug-likeness (QED) is 0.810. The zero-order chi connectivity index (χ0) is 12.4. The molecule has 1 aliphatic rings. The molecule has 0 bridgehead atoms. The third-order valence-corrected chi connectivity index (χ3v) is 3.92. The fourth-order valence-corrected chi connectivity index (χ4v) is 2.65. The summed E-state index contributed by atoms with van der Waals surface area (Å²) in [6.45, 7) is 0.631. The number of rotatable bonds is 3. The van der Waals surface area contributed by atoms with Gasteiger partial charge in [0.1, 0.15) is 12.4 Å². The fourth-order valence-electron chi connectivity index (χ4n) is 2.39. The number of benzene rings is 2. The van der Waals surface area contributed by atoms with Crippen LogP contribution in [0.5, 0.6) is 5.75 Å². The van der Waals surface area contributed by atoms with Crippen molar-refractivity contribution < 1.29 is 4.74 Å². The SMILES string of the molecule is Brc1ccc(COc2ccc3c(c2)CCC3)cc1. The largest absolute Gasteiger partial charge is 0.489 e. The first-order chi connectivity index (χ1) is 8.81. The molecule has 2 aromatic carbocycles. The molecule has 1 aliphatic carbocycles. The lowest BCUT2D eigenvalue weighted by Crippen LogP contribution is -1.96. The highest BCUT2D eigenvalue weighted by molar-refractivity contribution is 9.10. The van der Waals surface area contributed by atoms with E-state index in [0.29, 0.717) is 6.61 Å². The molecule has 0 atom stereocenters. The molecule has 2 heteroatoms. The van der Waals surface area contributed by atoms with Crippen molar-refractivity contribution in [1.82, 2.24) is 0 Å². The monoisotopic (exact) mass is 302 g/mol. The van der Waals surface area contributed by atoms with Gasteiger partial charge in [0.05, 0.1) is 0 Å². The third-order valence-electron chi connectivity index (χ3n) is 3.39. The van der Waals surface area contributed by atoms with Gasteiger partial charge in [0.2, 0.25) is 0 Å². The summed E-state index contributed by atoms with van der Waals surface area (Å²) in [5.74, 6) is 0.985. The predicted octanol–water partition coefficient (Wildman–Crippen LogP) is 4.52. The van der Waals surface area contributed by atoms with Crippen molar-refractivity contribution in [2.45, 2.75) is 25.9 Å². The Hall–Kier alpha value is -1.28. The Kier molecular flexibility index (Phi) is 3.37. The first-order valence-corrected chi connectivity index (χ1v) is 7.09. The smallest absolute Gasteiger partial charge is 0.120 e. The van der Waals surface area contributed by atoms with Crippen LogP contribution in [-0.2, 0) is 19.4 Å². The second-order valence-electron chi connectivity index (χ2n) is 4.70. The standard InChI is InChI=1S/C16H15BrO/c17-15-7-4-12(5-8-15)11-18-16-9-6-13-2-1-3-14(13)10-16/h4-10H,1-3,11H2. The Labute approximate surface area is 116 Å². The lowest BCUT2D eigenvalue weighted by atomic mass is 10.1.